The van der Waals surface area contributed by atoms with Crippen molar-refractivity contribution < 1.29 is 16.8 Å². The second-order valence-electron chi connectivity index (χ2n) is 6.36. The van der Waals surface area contributed by atoms with Crippen molar-refractivity contribution in [1.82, 2.24) is 0 Å². The number of rotatable bonds is 7. The van der Waals surface area contributed by atoms with E-state index >= 15 is 0 Å². The topological polar surface area (TPSA) is 68.3 Å². The summed E-state index contributed by atoms with van der Waals surface area (Å²) in [4.78, 5) is 0. The van der Waals surface area contributed by atoms with Crippen molar-refractivity contribution in [1.29, 1.82) is 0 Å². The normalized spacial score (nSPS) is 11.7. The average Bonchev–Trinajstić information content (AvgIpc) is 2.67. The van der Waals surface area contributed by atoms with Crippen molar-refractivity contribution >= 4 is 25.8 Å². The van der Waals surface area contributed by atoms with Gasteiger partial charge in [0.15, 0.2) is 23.9 Å². The first kappa shape index (κ1) is 20.0. The molecule has 0 radical (unpaired) electrons. The molecule has 144 valence electrons. The lowest BCUT2D eigenvalue weighted by atomic mass is 10.2. The molecule has 0 N–H and O–H groups in total. The minimum Gasteiger partial charge on any atom is -0.223 e. The molecule has 0 aliphatic carbocycles. The molecule has 0 atom stereocenters. The summed E-state index contributed by atoms with van der Waals surface area (Å²) >= 11 is 0. The summed E-state index contributed by atoms with van der Waals surface area (Å²) in [6.45, 7) is 0. The van der Waals surface area contributed by atoms with E-state index in [-0.39, 0.29) is 11.5 Å². The molecule has 6 heteroatoms. The van der Waals surface area contributed by atoms with Gasteiger partial charge in [-0.25, -0.2) is 16.8 Å². The summed E-state index contributed by atoms with van der Waals surface area (Å²) < 4.78 is 51.8. The molecule has 28 heavy (non-hydrogen) atoms. The third-order valence-corrected chi connectivity index (χ3v) is 8.51. The first-order valence-corrected chi connectivity index (χ1v) is 12.0. The summed E-state index contributed by atoms with van der Waals surface area (Å²) in [5.41, 5.74) is 1.60. The van der Waals surface area contributed by atoms with Gasteiger partial charge in [0.05, 0.1) is 11.5 Å². The summed E-state index contributed by atoms with van der Waals surface area (Å²) in [6, 6.07) is 25.7. The highest BCUT2D eigenvalue weighted by Gasteiger charge is 2.31. The van der Waals surface area contributed by atoms with E-state index < -0.39 is 23.9 Å². The van der Waals surface area contributed by atoms with E-state index in [2.05, 4.69) is 0 Å². The van der Waals surface area contributed by atoms with Gasteiger partial charge < -0.3 is 0 Å². The van der Waals surface area contributed by atoms with E-state index in [9.17, 15) is 16.8 Å². The first-order chi connectivity index (χ1) is 13.4. The molecule has 0 heterocycles. The van der Waals surface area contributed by atoms with Crippen LogP contribution < -0.4 is 0 Å². The van der Waals surface area contributed by atoms with Crippen LogP contribution in [0.15, 0.2) is 95.2 Å². The zero-order chi connectivity index (χ0) is 20.0. The molecule has 3 aromatic rings. The largest absolute Gasteiger partial charge is 0.223 e. The van der Waals surface area contributed by atoms with Crippen LogP contribution in [0, 0.1) is 0 Å². The lowest BCUT2D eigenvalue weighted by Gasteiger charge is -2.11. The molecule has 4 nitrogen and oxygen atoms in total. The first-order valence-electron chi connectivity index (χ1n) is 8.67. The Morgan fingerprint density at radius 2 is 0.929 bits per heavy atom. The zero-order valence-corrected chi connectivity index (χ0v) is 16.7. The molecule has 0 spiro atoms. The van der Waals surface area contributed by atoms with Crippen molar-refractivity contribution in [3.8, 4) is 0 Å². The third-order valence-electron chi connectivity index (χ3n) is 4.10. The lowest BCUT2D eigenvalue weighted by Crippen LogP contribution is -2.18. The number of benzene rings is 3. The van der Waals surface area contributed by atoms with Crippen molar-refractivity contribution in [2.24, 2.45) is 0 Å². The predicted molar refractivity (Wildman–Crippen MR) is 113 cm³/mol. The fourth-order valence-corrected chi connectivity index (χ4v) is 6.87. The van der Waals surface area contributed by atoms with Crippen LogP contribution in [0.25, 0.3) is 6.08 Å². The Labute approximate surface area is 166 Å². The quantitative estimate of drug-likeness (QED) is 0.583. The van der Waals surface area contributed by atoms with Gasteiger partial charge in [-0.3, -0.25) is 0 Å². The maximum absolute atomic E-state index is 13.1. The fourth-order valence-electron chi connectivity index (χ4n) is 2.79. The summed E-state index contributed by atoms with van der Waals surface area (Å²) in [7, 11) is -8.16. The number of sulfone groups is 2. The van der Waals surface area contributed by atoms with E-state index in [1.54, 1.807) is 91.0 Å². The third kappa shape index (κ3) is 5.18. The molecule has 0 fully saturated rings. The average molecular weight is 413 g/mol. The highest BCUT2D eigenvalue weighted by Crippen LogP contribution is 2.26. The maximum atomic E-state index is 13.1. The van der Waals surface area contributed by atoms with Gasteiger partial charge in [0.25, 0.3) is 0 Å². The molecular formula is C22H20O4S2. The van der Waals surface area contributed by atoms with Gasteiger partial charge in [-0.1, -0.05) is 91.0 Å². The Balaban J connectivity index is 2.06. The van der Waals surface area contributed by atoms with Crippen molar-refractivity contribution in [3.63, 3.8) is 0 Å². The van der Waals surface area contributed by atoms with Crippen LogP contribution in [0.3, 0.4) is 0 Å². The van der Waals surface area contributed by atoms with Crippen molar-refractivity contribution in [2.45, 2.75) is 11.5 Å². The van der Waals surface area contributed by atoms with E-state index in [0.29, 0.717) is 16.7 Å². The predicted octanol–water partition coefficient (Wildman–Crippen LogP) is 4.22. The molecule has 0 bridgehead atoms. The molecule has 0 aliphatic rings. The smallest absolute Gasteiger partial charge is 0.193 e. The van der Waals surface area contributed by atoms with Crippen molar-refractivity contribution in [2.75, 3.05) is 0 Å². The summed E-state index contributed by atoms with van der Waals surface area (Å²) in [5, 5.41) is 0. The minimum atomic E-state index is -4.08. The van der Waals surface area contributed by atoms with E-state index in [1.807, 2.05) is 0 Å². The fraction of sp³-hybridized carbons (Fsp3) is 0.0909. The second kappa shape index (κ2) is 8.54. The van der Waals surface area contributed by atoms with Crippen LogP contribution in [0.5, 0.6) is 0 Å². The van der Waals surface area contributed by atoms with E-state index in [1.165, 1.54) is 6.08 Å². The van der Waals surface area contributed by atoms with Gasteiger partial charge in [-0.2, -0.15) is 0 Å². The Morgan fingerprint density at radius 1 is 0.571 bits per heavy atom. The SMILES string of the molecule is O=S(=O)(Cc1ccccc1)C(=Cc1ccccc1)S(=O)(=O)Cc1ccccc1. The molecule has 3 rings (SSSR count). The van der Waals surface area contributed by atoms with Gasteiger partial charge in [0.1, 0.15) is 0 Å². The second-order valence-corrected chi connectivity index (χ2v) is 10.5. The Bertz CT molecular complexity index is 1080. The highest BCUT2D eigenvalue weighted by atomic mass is 32.3. The van der Waals surface area contributed by atoms with Crippen LogP contribution in [0.2, 0.25) is 0 Å². The van der Waals surface area contributed by atoms with Gasteiger partial charge in [-0.05, 0) is 22.8 Å². The molecule has 0 amide bonds. The molecular weight excluding hydrogens is 392 g/mol. The Kier molecular flexibility index (Phi) is 6.11. The van der Waals surface area contributed by atoms with Gasteiger partial charge in [0, 0.05) is 0 Å². The molecule has 0 aromatic heterocycles. The number of hydrogen-bond donors (Lipinski definition) is 0. The number of hydrogen-bond acceptors (Lipinski definition) is 4. The van der Waals surface area contributed by atoms with Gasteiger partial charge in [-0.15, -0.1) is 0 Å². The summed E-state index contributed by atoms with van der Waals surface area (Å²) in [6.07, 6.45) is 1.25. The van der Waals surface area contributed by atoms with Crippen LogP contribution in [0.4, 0.5) is 0 Å². The molecule has 0 saturated heterocycles. The van der Waals surface area contributed by atoms with E-state index in [4.69, 9.17) is 0 Å². The van der Waals surface area contributed by atoms with E-state index in [0.717, 1.165) is 0 Å². The minimum absolute atomic E-state index is 0.374. The van der Waals surface area contributed by atoms with Gasteiger partial charge >= 0.3 is 0 Å². The molecule has 0 aliphatic heterocycles. The standard InChI is InChI=1S/C22H20O4S2/c23-27(24,17-20-12-6-2-7-13-20)22(16-19-10-4-1-5-11-19)28(25,26)18-21-14-8-3-9-15-21/h1-16H,17-18H2. The zero-order valence-electron chi connectivity index (χ0n) is 15.1. The molecule has 0 unspecified atom stereocenters. The Hall–Kier alpha value is -2.70. The maximum Gasteiger partial charge on any atom is 0.193 e. The summed E-state index contributed by atoms with van der Waals surface area (Å²) in [5.74, 6) is -0.749. The van der Waals surface area contributed by atoms with Gasteiger partial charge in [0.2, 0.25) is 0 Å². The Morgan fingerprint density at radius 3 is 1.32 bits per heavy atom. The van der Waals surface area contributed by atoms with Crippen LogP contribution in [-0.2, 0) is 31.2 Å². The highest BCUT2D eigenvalue weighted by molar-refractivity contribution is 8.13. The van der Waals surface area contributed by atoms with Crippen molar-refractivity contribution in [3.05, 3.63) is 112 Å². The van der Waals surface area contributed by atoms with Crippen LogP contribution in [0.1, 0.15) is 16.7 Å². The molecule has 0 saturated carbocycles. The lowest BCUT2D eigenvalue weighted by molar-refractivity contribution is 0.595. The van der Waals surface area contributed by atoms with Crippen LogP contribution >= 0.6 is 0 Å². The monoisotopic (exact) mass is 412 g/mol. The van der Waals surface area contributed by atoms with Crippen LogP contribution in [-0.4, -0.2) is 16.8 Å². The molecule has 3 aromatic carbocycles.